The largest absolute Gasteiger partial charge is 0.351 e. The molecular formula is C15H21N3OS. The molecular weight excluding hydrogens is 270 g/mol. The normalized spacial score (nSPS) is 11.0. The predicted octanol–water partition coefficient (Wildman–Crippen LogP) is 2.97. The van der Waals surface area contributed by atoms with Gasteiger partial charge in [-0.2, -0.15) is 5.26 Å². The zero-order chi connectivity index (χ0) is 15.3. The van der Waals surface area contributed by atoms with Crippen LogP contribution in [0.3, 0.4) is 0 Å². The molecule has 108 valence electrons. The fourth-order valence-electron chi connectivity index (χ4n) is 1.68. The van der Waals surface area contributed by atoms with E-state index in [1.807, 2.05) is 40.7 Å². The number of carbonyl (C=O) groups excluding carboxylic acids is 1. The molecule has 1 heterocycles. The summed E-state index contributed by atoms with van der Waals surface area (Å²) in [7, 11) is 0. The van der Waals surface area contributed by atoms with E-state index < -0.39 is 0 Å². The quantitative estimate of drug-likeness (QED) is 0.847. The van der Waals surface area contributed by atoms with Crippen molar-refractivity contribution in [3.05, 3.63) is 22.9 Å². The van der Waals surface area contributed by atoms with Crippen LogP contribution in [-0.4, -0.2) is 22.2 Å². The first kappa shape index (κ1) is 16.5. The Balaban J connectivity index is 2.76. The summed E-state index contributed by atoms with van der Waals surface area (Å²) in [5.41, 5.74) is 2.12. The van der Waals surface area contributed by atoms with Gasteiger partial charge in [-0.25, -0.2) is 4.98 Å². The highest BCUT2D eigenvalue weighted by Gasteiger charge is 2.18. The molecule has 0 aliphatic heterocycles. The standard InChI is InChI=1S/C15H21N3OS/c1-6-15(4,5)18-13(19)9-20-14-12(8-16)10(2)7-11(3)17-14/h7H,6,9H2,1-5H3,(H,18,19). The summed E-state index contributed by atoms with van der Waals surface area (Å²) in [6.45, 7) is 9.79. The topological polar surface area (TPSA) is 65.8 Å². The predicted molar refractivity (Wildman–Crippen MR) is 81.7 cm³/mol. The minimum Gasteiger partial charge on any atom is -0.351 e. The first-order valence-corrected chi connectivity index (χ1v) is 7.59. The van der Waals surface area contributed by atoms with Crippen molar-refractivity contribution in [2.75, 3.05) is 5.75 Å². The molecule has 0 radical (unpaired) electrons. The van der Waals surface area contributed by atoms with Gasteiger partial charge in [0, 0.05) is 11.2 Å². The Morgan fingerprint density at radius 1 is 1.50 bits per heavy atom. The number of aryl methyl sites for hydroxylation is 2. The van der Waals surface area contributed by atoms with Gasteiger partial charge in [0.25, 0.3) is 0 Å². The van der Waals surface area contributed by atoms with E-state index in [-0.39, 0.29) is 17.2 Å². The van der Waals surface area contributed by atoms with Gasteiger partial charge in [-0.3, -0.25) is 4.79 Å². The van der Waals surface area contributed by atoms with Gasteiger partial charge in [0.05, 0.1) is 11.3 Å². The molecule has 1 amide bonds. The summed E-state index contributed by atoms with van der Waals surface area (Å²) < 4.78 is 0. The first-order chi connectivity index (χ1) is 9.29. The monoisotopic (exact) mass is 291 g/mol. The third kappa shape index (κ3) is 4.53. The molecule has 1 aromatic rings. The number of hydrogen-bond donors (Lipinski definition) is 1. The molecule has 0 spiro atoms. The maximum atomic E-state index is 11.9. The number of nitrogens with zero attached hydrogens (tertiary/aromatic N) is 2. The third-order valence-electron chi connectivity index (χ3n) is 3.12. The van der Waals surface area contributed by atoms with Crippen LogP contribution in [0.2, 0.25) is 0 Å². The summed E-state index contributed by atoms with van der Waals surface area (Å²) in [4.78, 5) is 16.3. The second-order valence-electron chi connectivity index (χ2n) is 5.45. The summed E-state index contributed by atoms with van der Waals surface area (Å²) in [5.74, 6) is 0.236. The molecule has 0 fully saturated rings. The Bertz CT molecular complexity index is 547. The summed E-state index contributed by atoms with van der Waals surface area (Å²) in [6, 6.07) is 4.04. The number of nitrogens with one attached hydrogen (secondary N) is 1. The molecule has 1 rings (SSSR count). The zero-order valence-corrected chi connectivity index (χ0v) is 13.5. The molecule has 0 bridgehead atoms. The Kier molecular flexibility index (Phi) is 5.58. The van der Waals surface area contributed by atoms with Crippen LogP contribution in [0.25, 0.3) is 0 Å². The maximum Gasteiger partial charge on any atom is 0.230 e. The number of thioether (sulfide) groups is 1. The van der Waals surface area contributed by atoms with Crippen LogP contribution in [0.1, 0.15) is 44.0 Å². The number of carbonyl (C=O) groups is 1. The second-order valence-corrected chi connectivity index (χ2v) is 6.41. The van der Waals surface area contributed by atoms with Crippen molar-refractivity contribution in [1.29, 1.82) is 5.26 Å². The Morgan fingerprint density at radius 3 is 2.70 bits per heavy atom. The van der Waals surface area contributed by atoms with Crippen LogP contribution in [-0.2, 0) is 4.79 Å². The fraction of sp³-hybridized carbons (Fsp3) is 0.533. The van der Waals surface area contributed by atoms with Crippen molar-refractivity contribution in [2.24, 2.45) is 0 Å². The lowest BCUT2D eigenvalue weighted by molar-refractivity contribution is -0.120. The molecule has 1 N–H and O–H groups in total. The number of pyridine rings is 1. The smallest absolute Gasteiger partial charge is 0.230 e. The highest BCUT2D eigenvalue weighted by atomic mass is 32.2. The molecule has 0 saturated heterocycles. The lowest BCUT2D eigenvalue weighted by atomic mass is 10.0. The van der Waals surface area contributed by atoms with Crippen LogP contribution < -0.4 is 5.32 Å². The average Bonchev–Trinajstić information content (AvgIpc) is 2.35. The lowest BCUT2D eigenvalue weighted by Gasteiger charge is -2.24. The van der Waals surface area contributed by atoms with Crippen molar-refractivity contribution in [1.82, 2.24) is 10.3 Å². The van der Waals surface area contributed by atoms with Gasteiger partial charge >= 0.3 is 0 Å². The Hall–Kier alpha value is -1.54. The van der Waals surface area contributed by atoms with E-state index in [1.165, 1.54) is 11.8 Å². The van der Waals surface area contributed by atoms with E-state index in [0.717, 1.165) is 17.7 Å². The molecule has 0 unspecified atom stereocenters. The Morgan fingerprint density at radius 2 is 2.15 bits per heavy atom. The van der Waals surface area contributed by atoms with E-state index in [1.54, 1.807) is 0 Å². The van der Waals surface area contributed by atoms with Gasteiger partial charge in [-0.05, 0) is 45.7 Å². The van der Waals surface area contributed by atoms with Gasteiger partial charge in [-0.15, -0.1) is 0 Å². The van der Waals surface area contributed by atoms with Crippen LogP contribution in [0, 0.1) is 25.2 Å². The van der Waals surface area contributed by atoms with Crippen LogP contribution in [0.5, 0.6) is 0 Å². The van der Waals surface area contributed by atoms with Crippen molar-refractivity contribution in [2.45, 2.75) is 51.6 Å². The Labute approximate surface area is 125 Å². The zero-order valence-electron chi connectivity index (χ0n) is 12.7. The number of aromatic nitrogens is 1. The van der Waals surface area contributed by atoms with Gasteiger partial charge in [0.15, 0.2) is 0 Å². The highest BCUT2D eigenvalue weighted by Crippen LogP contribution is 2.23. The van der Waals surface area contributed by atoms with Gasteiger partial charge in [-0.1, -0.05) is 18.7 Å². The van der Waals surface area contributed by atoms with Crippen LogP contribution in [0.15, 0.2) is 11.1 Å². The van der Waals surface area contributed by atoms with Crippen LogP contribution >= 0.6 is 11.8 Å². The van der Waals surface area contributed by atoms with E-state index in [2.05, 4.69) is 16.4 Å². The molecule has 0 aromatic carbocycles. The van der Waals surface area contributed by atoms with Gasteiger partial charge in [0.1, 0.15) is 11.1 Å². The molecule has 5 heteroatoms. The van der Waals surface area contributed by atoms with E-state index >= 15 is 0 Å². The van der Waals surface area contributed by atoms with Crippen molar-refractivity contribution in [3.63, 3.8) is 0 Å². The lowest BCUT2D eigenvalue weighted by Crippen LogP contribution is -2.43. The van der Waals surface area contributed by atoms with E-state index in [4.69, 9.17) is 0 Å². The summed E-state index contributed by atoms with van der Waals surface area (Å²) >= 11 is 1.31. The molecule has 20 heavy (non-hydrogen) atoms. The summed E-state index contributed by atoms with van der Waals surface area (Å²) in [5, 5.41) is 12.8. The highest BCUT2D eigenvalue weighted by molar-refractivity contribution is 8.00. The molecule has 0 saturated carbocycles. The minimum atomic E-state index is -0.203. The first-order valence-electron chi connectivity index (χ1n) is 6.61. The van der Waals surface area contributed by atoms with E-state index in [9.17, 15) is 10.1 Å². The SMILES string of the molecule is CCC(C)(C)NC(=O)CSc1nc(C)cc(C)c1C#N. The molecule has 0 aliphatic rings. The number of amides is 1. The molecule has 4 nitrogen and oxygen atoms in total. The summed E-state index contributed by atoms with van der Waals surface area (Å²) in [6.07, 6.45) is 0.870. The molecule has 1 aromatic heterocycles. The minimum absolute atomic E-state index is 0.0355. The molecule has 0 aliphatic carbocycles. The average molecular weight is 291 g/mol. The fourth-order valence-corrected chi connectivity index (χ4v) is 2.58. The van der Waals surface area contributed by atoms with Crippen molar-refractivity contribution >= 4 is 17.7 Å². The molecule has 0 atom stereocenters. The second kappa shape index (κ2) is 6.76. The van der Waals surface area contributed by atoms with Gasteiger partial charge in [0.2, 0.25) is 5.91 Å². The van der Waals surface area contributed by atoms with Crippen molar-refractivity contribution < 1.29 is 4.79 Å². The van der Waals surface area contributed by atoms with Crippen molar-refractivity contribution in [3.8, 4) is 6.07 Å². The number of rotatable bonds is 5. The van der Waals surface area contributed by atoms with Gasteiger partial charge < -0.3 is 5.32 Å². The van der Waals surface area contributed by atoms with E-state index in [0.29, 0.717) is 10.6 Å². The third-order valence-corrected chi connectivity index (χ3v) is 4.10. The maximum absolute atomic E-state index is 11.9. The number of nitriles is 1. The number of hydrogen-bond acceptors (Lipinski definition) is 4. The van der Waals surface area contributed by atoms with Crippen LogP contribution in [0.4, 0.5) is 0 Å².